The number of carbonyl (C=O) groups is 1. The predicted molar refractivity (Wildman–Crippen MR) is 86.4 cm³/mol. The molecule has 0 aromatic heterocycles. The molecule has 5 heteroatoms. The number of ether oxygens (including phenoxy) is 1. The maximum Gasteiger partial charge on any atom is 0.338 e. The second-order valence-corrected chi connectivity index (χ2v) is 6.47. The molecule has 1 fully saturated rings. The van der Waals surface area contributed by atoms with Crippen LogP contribution in [0.1, 0.15) is 37.0 Å². The van der Waals surface area contributed by atoms with Crippen LogP contribution >= 0.6 is 11.8 Å². The molecule has 1 aliphatic rings. The molecule has 0 saturated carbocycles. The van der Waals surface area contributed by atoms with E-state index in [2.05, 4.69) is 12.2 Å². The summed E-state index contributed by atoms with van der Waals surface area (Å²) in [6.07, 6.45) is 2.33. The number of rotatable bonds is 7. The predicted octanol–water partition coefficient (Wildman–Crippen LogP) is 3.72. The van der Waals surface area contributed by atoms with Gasteiger partial charge in [0.1, 0.15) is 0 Å². The van der Waals surface area contributed by atoms with E-state index in [4.69, 9.17) is 4.74 Å². The number of carboxylic acids is 1. The Morgan fingerprint density at radius 2 is 2.29 bits per heavy atom. The molecule has 1 aromatic rings. The summed E-state index contributed by atoms with van der Waals surface area (Å²) in [4.78, 5) is 12.4. The molecule has 0 radical (unpaired) electrons. The SMILES string of the molecule is CCSc1cccc(NCC2CCOC2CC)c1C(=O)O. The minimum Gasteiger partial charge on any atom is -0.478 e. The van der Waals surface area contributed by atoms with Gasteiger partial charge in [0.15, 0.2) is 0 Å². The van der Waals surface area contributed by atoms with Gasteiger partial charge in [-0.15, -0.1) is 11.8 Å². The van der Waals surface area contributed by atoms with Crippen molar-refractivity contribution in [1.29, 1.82) is 0 Å². The summed E-state index contributed by atoms with van der Waals surface area (Å²) in [6.45, 7) is 5.73. The second-order valence-electron chi connectivity index (χ2n) is 5.16. The van der Waals surface area contributed by atoms with Gasteiger partial charge in [-0.3, -0.25) is 0 Å². The number of nitrogens with one attached hydrogen (secondary N) is 1. The second kappa shape index (κ2) is 7.71. The van der Waals surface area contributed by atoms with Crippen molar-refractivity contribution in [3.63, 3.8) is 0 Å². The Morgan fingerprint density at radius 1 is 1.48 bits per heavy atom. The molecule has 1 heterocycles. The van der Waals surface area contributed by atoms with E-state index in [1.54, 1.807) is 11.8 Å². The Balaban J connectivity index is 2.12. The molecule has 0 amide bonds. The molecule has 2 rings (SSSR count). The third-order valence-electron chi connectivity index (χ3n) is 3.84. The minimum absolute atomic E-state index is 0.291. The van der Waals surface area contributed by atoms with Crippen LogP contribution in [0.2, 0.25) is 0 Å². The van der Waals surface area contributed by atoms with Crippen molar-refractivity contribution in [3.05, 3.63) is 23.8 Å². The molecular formula is C16H23NO3S. The molecule has 0 bridgehead atoms. The third-order valence-corrected chi connectivity index (χ3v) is 4.78. The summed E-state index contributed by atoms with van der Waals surface area (Å²) >= 11 is 1.56. The lowest BCUT2D eigenvalue weighted by Gasteiger charge is -2.19. The van der Waals surface area contributed by atoms with Crippen LogP contribution in [0.4, 0.5) is 5.69 Å². The fourth-order valence-corrected chi connectivity index (χ4v) is 3.62. The molecule has 0 aliphatic carbocycles. The zero-order chi connectivity index (χ0) is 15.2. The highest BCUT2D eigenvalue weighted by atomic mass is 32.2. The highest BCUT2D eigenvalue weighted by Crippen LogP contribution is 2.30. The molecule has 2 N–H and O–H groups in total. The van der Waals surface area contributed by atoms with Crippen molar-refractivity contribution in [2.45, 2.75) is 37.7 Å². The van der Waals surface area contributed by atoms with Crippen LogP contribution in [-0.2, 0) is 4.74 Å². The summed E-state index contributed by atoms with van der Waals surface area (Å²) < 4.78 is 5.68. The van der Waals surface area contributed by atoms with E-state index in [9.17, 15) is 9.90 Å². The van der Waals surface area contributed by atoms with Crippen molar-refractivity contribution in [3.8, 4) is 0 Å². The average Bonchev–Trinajstić information content (AvgIpc) is 2.92. The van der Waals surface area contributed by atoms with Crippen molar-refractivity contribution >= 4 is 23.4 Å². The first-order chi connectivity index (χ1) is 10.2. The molecule has 1 aliphatic heterocycles. The standard InChI is InChI=1S/C16H23NO3S/c1-3-13-11(8-9-20-13)10-17-12-6-5-7-14(21-4-2)15(12)16(18)19/h5-7,11,13,17H,3-4,8-10H2,1-2H3,(H,18,19). The summed E-state index contributed by atoms with van der Waals surface area (Å²) in [6, 6.07) is 5.63. The van der Waals surface area contributed by atoms with Gasteiger partial charge < -0.3 is 15.2 Å². The lowest BCUT2D eigenvalue weighted by Crippen LogP contribution is -2.23. The Morgan fingerprint density at radius 3 is 2.95 bits per heavy atom. The number of benzene rings is 1. The first kappa shape index (κ1) is 16.2. The highest BCUT2D eigenvalue weighted by molar-refractivity contribution is 7.99. The summed E-state index contributed by atoms with van der Waals surface area (Å²) in [5.74, 6) is 0.445. The average molecular weight is 309 g/mol. The zero-order valence-electron chi connectivity index (χ0n) is 12.6. The quantitative estimate of drug-likeness (QED) is 0.752. The molecule has 0 spiro atoms. The molecule has 21 heavy (non-hydrogen) atoms. The van der Waals surface area contributed by atoms with Gasteiger partial charge in [0.2, 0.25) is 0 Å². The van der Waals surface area contributed by atoms with Crippen LogP contribution < -0.4 is 5.32 Å². The lowest BCUT2D eigenvalue weighted by atomic mass is 9.99. The Bertz CT molecular complexity index is 492. The first-order valence-corrected chi connectivity index (χ1v) is 8.50. The van der Waals surface area contributed by atoms with Crippen LogP contribution in [0, 0.1) is 5.92 Å². The zero-order valence-corrected chi connectivity index (χ0v) is 13.4. The van der Waals surface area contributed by atoms with Crippen molar-refractivity contribution in [2.75, 3.05) is 24.2 Å². The van der Waals surface area contributed by atoms with Gasteiger partial charge in [0.25, 0.3) is 0 Å². The number of aromatic carboxylic acids is 1. The molecule has 116 valence electrons. The summed E-state index contributed by atoms with van der Waals surface area (Å²) in [7, 11) is 0. The number of carboxylic acid groups (broad SMARTS) is 1. The third kappa shape index (κ3) is 3.92. The Labute approximate surface area is 130 Å². The van der Waals surface area contributed by atoms with E-state index in [1.807, 2.05) is 25.1 Å². The maximum atomic E-state index is 11.6. The van der Waals surface area contributed by atoms with Crippen molar-refractivity contribution in [1.82, 2.24) is 0 Å². The van der Waals surface area contributed by atoms with Gasteiger partial charge in [-0.1, -0.05) is 19.9 Å². The lowest BCUT2D eigenvalue weighted by molar-refractivity contribution is 0.0694. The normalized spacial score (nSPS) is 21.4. The van der Waals surface area contributed by atoms with E-state index in [0.29, 0.717) is 23.3 Å². The van der Waals surface area contributed by atoms with Gasteiger partial charge in [-0.2, -0.15) is 0 Å². The van der Waals surface area contributed by atoms with Crippen molar-refractivity contribution in [2.24, 2.45) is 5.92 Å². The Kier molecular flexibility index (Phi) is 5.94. The molecule has 4 nitrogen and oxygen atoms in total. The van der Waals surface area contributed by atoms with Gasteiger partial charge in [-0.25, -0.2) is 4.79 Å². The molecular weight excluding hydrogens is 286 g/mol. The highest BCUT2D eigenvalue weighted by Gasteiger charge is 2.27. The van der Waals surface area contributed by atoms with Gasteiger partial charge in [0, 0.05) is 29.7 Å². The van der Waals surface area contributed by atoms with Gasteiger partial charge >= 0.3 is 5.97 Å². The van der Waals surface area contributed by atoms with Crippen LogP contribution in [-0.4, -0.2) is 36.1 Å². The fraction of sp³-hybridized carbons (Fsp3) is 0.562. The summed E-state index contributed by atoms with van der Waals surface area (Å²) in [5, 5.41) is 12.8. The van der Waals surface area contributed by atoms with Crippen LogP contribution in [0.5, 0.6) is 0 Å². The number of anilines is 1. The van der Waals surface area contributed by atoms with Gasteiger partial charge in [-0.05, 0) is 30.7 Å². The number of hydrogen-bond donors (Lipinski definition) is 2. The topological polar surface area (TPSA) is 58.6 Å². The van der Waals surface area contributed by atoms with Crippen LogP contribution in [0.3, 0.4) is 0 Å². The fourth-order valence-electron chi connectivity index (χ4n) is 2.79. The molecule has 2 unspecified atom stereocenters. The number of thioether (sulfide) groups is 1. The van der Waals surface area contributed by atoms with Crippen molar-refractivity contribution < 1.29 is 14.6 Å². The van der Waals surface area contributed by atoms with E-state index in [1.165, 1.54) is 0 Å². The minimum atomic E-state index is -0.872. The molecule has 1 saturated heterocycles. The largest absolute Gasteiger partial charge is 0.478 e. The number of hydrogen-bond acceptors (Lipinski definition) is 4. The van der Waals surface area contributed by atoms with E-state index >= 15 is 0 Å². The monoisotopic (exact) mass is 309 g/mol. The molecule has 2 atom stereocenters. The Hall–Kier alpha value is -1.20. The maximum absolute atomic E-state index is 11.6. The van der Waals surface area contributed by atoms with E-state index in [-0.39, 0.29) is 0 Å². The van der Waals surface area contributed by atoms with Crippen LogP contribution in [0.25, 0.3) is 0 Å². The molecule has 1 aromatic carbocycles. The smallest absolute Gasteiger partial charge is 0.338 e. The van der Waals surface area contributed by atoms with Gasteiger partial charge in [0.05, 0.1) is 11.7 Å². The van der Waals surface area contributed by atoms with E-state index < -0.39 is 5.97 Å². The summed E-state index contributed by atoms with van der Waals surface area (Å²) in [5.41, 5.74) is 1.10. The van der Waals surface area contributed by atoms with Crippen LogP contribution in [0.15, 0.2) is 23.1 Å². The first-order valence-electron chi connectivity index (χ1n) is 7.51. The van der Waals surface area contributed by atoms with E-state index in [0.717, 1.165) is 36.6 Å².